The van der Waals surface area contributed by atoms with Gasteiger partial charge in [0, 0.05) is 15.4 Å². The Bertz CT molecular complexity index is 689. The number of hydrogen-bond acceptors (Lipinski definition) is 2. The van der Waals surface area contributed by atoms with Gasteiger partial charge >= 0.3 is 0 Å². The van der Waals surface area contributed by atoms with Crippen LogP contribution in [0.4, 0.5) is 0 Å². The Balaban J connectivity index is 2.10. The summed E-state index contributed by atoms with van der Waals surface area (Å²) >= 11 is 6.85. The largest absolute Gasteiger partial charge is 0.436 e. The molecule has 0 aliphatic carbocycles. The molecule has 2 nitrogen and oxygen atoms in total. The summed E-state index contributed by atoms with van der Waals surface area (Å²) < 4.78 is 6.83. The molecule has 18 heavy (non-hydrogen) atoms. The van der Waals surface area contributed by atoms with Gasteiger partial charge in [-0.15, -0.1) is 0 Å². The van der Waals surface area contributed by atoms with Gasteiger partial charge in [-0.2, -0.15) is 0 Å². The topological polar surface area (TPSA) is 26.0 Å². The van der Waals surface area contributed by atoms with Crippen LogP contribution in [0.1, 0.15) is 5.56 Å². The van der Waals surface area contributed by atoms with Gasteiger partial charge in [0.25, 0.3) is 0 Å². The number of nitrogens with zero attached hydrogens (tertiary/aromatic N) is 1. The van der Waals surface area contributed by atoms with Crippen LogP contribution in [0, 0.1) is 0 Å². The number of aromatic nitrogens is 1. The number of alkyl halides is 1. The van der Waals surface area contributed by atoms with Gasteiger partial charge in [-0.1, -0.05) is 37.9 Å². The van der Waals surface area contributed by atoms with Crippen molar-refractivity contribution in [2.45, 2.75) is 5.33 Å². The highest BCUT2D eigenvalue weighted by molar-refractivity contribution is 9.10. The number of oxazole rings is 1. The predicted octanol–water partition coefficient (Wildman–Crippen LogP) is 5.15. The highest BCUT2D eigenvalue weighted by Crippen LogP contribution is 2.26. The molecule has 3 rings (SSSR count). The lowest BCUT2D eigenvalue weighted by molar-refractivity contribution is 0.619. The van der Waals surface area contributed by atoms with Crippen LogP contribution in [-0.2, 0) is 5.33 Å². The first-order valence-corrected chi connectivity index (χ1v) is 7.39. The predicted molar refractivity (Wildman–Crippen MR) is 79.8 cm³/mol. The highest BCUT2D eigenvalue weighted by Gasteiger charge is 2.08. The maximum Gasteiger partial charge on any atom is 0.227 e. The van der Waals surface area contributed by atoms with Crippen LogP contribution >= 0.6 is 31.9 Å². The van der Waals surface area contributed by atoms with Crippen LogP contribution < -0.4 is 0 Å². The van der Waals surface area contributed by atoms with Crippen LogP contribution in [0.5, 0.6) is 0 Å². The van der Waals surface area contributed by atoms with E-state index in [-0.39, 0.29) is 0 Å². The Morgan fingerprint density at radius 3 is 2.56 bits per heavy atom. The van der Waals surface area contributed by atoms with Crippen molar-refractivity contribution in [3.8, 4) is 11.5 Å². The molecule has 0 fully saturated rings. The average molecular weight is 367 g/mol. The van der Waals surface area contributed by atoms with Gasteiger partial charge in [0.05, 0.1) is 0 Å². The molecular weight excluding hydrogens is 358 g/mol. The summed E-state index contributed by atoms with van der Waals surface area (Å²) in [5.41, 5.74) is 3.87. The smallest absolute Gasteiger partial charge is 0.227 e. The molecule has 0 amide bonds. The number of hydrogen-bond donors (Lipinski definition) is 0. The Morgan fingerprint density at radius 2 is 1.83 bits per heavy atom. The van der Waals surface area contributed by atoms with E-state index in [1.807, 2.05) is 42.5 Å². The van der Waals surface area contributed by atoms with E-state index in [2.05, 4.69) is 36.8 Å². The standard InChI is InChI=1S/C14H9Br2NO/c15-8-9-1-6-12-13(7-9)18-14(17-12)10-2-4-11(16)5-3-10/h1-7H,8H2. The Morgan fingerprint density at radius 1 is 1.06 bits per heavy atom. The summed E-state index contributed by atoms with van der Waals surface area (Å²) in [5.74, 6) is 0.657. The normalized spacial score (nSPS) is 11.0. The van der Waals surface area contributed by atoms with Gasteiger partial charge in [0.2, 0.25) is 5.89 Å². The summed E-state index contributed by atoms with van der Waals surface area (Å²) in [7, 11) is 0. The molecular formula is C14H9Br2NO. The summed E-state index contributed by atoms with van der Waals surface area (Å²) in [5, 5.41) is 0.817. The van der Waals surface area contributed by atoms with Crippen molar-refractivity contribution in [3.05, 3.63) is 52.5 Å². The van der Waals surface area contributed by atoms with Gasteiger partial charge in [0.15, 0.2) is 5.58 Å². The van der Waals surface area contributed by atoms with Gasteiger partial charge in [-0.3, -0.25) is 0 Å². The van der Waals surface area contributed by atoms with Crippen molar-refractivity contribution in [1.82, 2.24) is 4.98 Å². The molecule has 1 aromatic heterocycles. The van der Waals surface area contributed by atoms with Gasteiger partial charge in [-0.25, -0.2) is 4.98 Å². The van der Waals surface area contributed by atoms with Crippen molar-refractivity contribution >= 4 is 43.0 Å². The lowest BCUT2D eigenvalue weighted by Crippen LogP contribution is -1.76. The molecule has 4 heteroatoms. The van der Waals surface area contributed by atoms with E-state index in [0.717, 1.165) is 26.5 Å². The van der Waals surface area contributed by atoms with Gasteiger partial charge in [-0.05, 0) is 42.0 Å². The van der Waals surface area contributed by atoms with E-state index >= 15 is 0 Å². The Kier molecular flexibility index (Phi) is 3.22. The molecule has 0 atom stereocenters. The van der Waals surface area contributed by atoms with Gasteiger partial charge in [0.1, 0.15) is 5.52 Å². The minimum atomic E-state index is 0.657. The third-order valence-electron chi connectivity index (χ3n) is 2.70. The van der Waals surface area contributed by atoms with Crippen molar-refractivity contribution in [1.29, 1.82) is 0 Å². The van der Waals surface area contributed by atoms with E-state index in [9.17, 15) is 0 Å². The number of benzene rings is 2. The molecule has 0 saturated carbocycles. The third-order valence-corrected chi connectivity index (χ3v) is 3.87. The van der Waals surface area contributed by atoms with E-state index < -0.39 is 0 Å². The number of fused-ring (bicyclic) bond motifs is 1. The van der Waals surface area contributed by atoms with Crippen LogP contribution in [0.15, 0.2) is 51.4 Å². The Labute approximate surface area is 121 Å². The van der Waals surface area contributed by atoms with Crippen LogP contribution in [0.2, 0.25) is 0 Å². The van der Waals surface area contributed by atoms with Crippen molar-refractivity contribution < 1.29 is 4.42 Å². The molecule has 0 aliphatic rings. The molecule has 90 valence electrons. The van der Waals surface area contributed by atoms with Crippen LogP contribution in [0.25, 0.3) is 22.6 Å². The quantitative estimate of drug-likeness (QED) is 0.586. The zero-order chi connectivity index (χ0) is 12.5. The molecule has 1 heterocycles. The van der Waals surface area contributed by atoms with E-state index in [1.165, 1.54) is 5.56 Å². The van der Waals surface area contributed by atoms with Crippen molar-refractivity contribution in [3.63, 3.8) is 0 Å². The molecule has 0 N–H and O–H groups in total. The second-order valence-corrected chi connectivity index (χ2v) is 5.44. The van der Waals surface area contributed by atoms with E-state index in [4.69, 9.17) is 4.42 Å². The minimum Gasteiger partial charge on any atom is -0.436 e. The minimum absolute atomic E-state index is 0.657. The monoisotopic (exact) mass is 365 g/mol. The zero-order valence-corrected chi connectivity index (χ0v) is 12.5. The summed E-state index contributed by atoms with van der Waals surface area (Å²) in [6.07, 6.45) is 0. The molecule has 0 saturated heterocycles. The first-order valence-electron chi connectivity index (χ1n) is 5.47. The maximum absolute atomic E-state index is 5.79. The molecule has 0 unspecified atom stereocenters. The molecule has 3 aromatic rings. The van der Waals surface area contributed by atoms with Crippen molar-refractivity contribution in [2.24, 2.45) is 0 Å². The SMILES string of the molecule is BrCc1ccc2nc(-c3ccc(Br)cc3)oc2c1. The average Bonchev–Trinajstić information content (AvgIpc) is 2.82. The molecule has 0 aliphatic heterocycles. The van der Waals surface area contributed by atoms with Crippen molar-refractivity contribution in [2.75, 3.05) is 0 Å². The number of halogens is 2. The van der Waals surface area contributed by atoms with Crippen LogP contribution in [-0.4, -0.2) is 4.98 Å². The number of rotatable bonds is 2. The Hall–Kier alpha value is -1.13. The fourth-order valence-electron chi connectivity index (χ4n) is 1.77. The summed E-state index contributed by atoms with van der Waals surface area (Å²) in [4.78, 5) is 4.49. The second kappa shape index (κ2) is 4.86. The molecule has 2 aromatic carbocycles. The first kappa shape index (κ1) is 11.9. The molecule has 0 radical (unpaired) electrons. The lowest BCUT2D eigenvalue weighted by Gasteiger charge is -1.94. The maximum atomic E-state index is 5.79. The summed E-state index contributed by atoms with van der Waals surface area (Å²) in [6, 6.07) is 14.0. The second-order valence-electron chi connectivity index (χ2n) is 3.96. The summed E-state index contributed by atoms with van der Waals surface area (Å²) in [6.45, 7) is 0. The fraction of sp³-hybridized carbons (Fsp3) is 0.0714. The lowest BCUT2D eigenvalue weighted by atomic mass is 10.2. The van der Waals surface area contributed by atoms with Crippen LogP contribution in [0.3, 0.4) is 0 Å². The first-order chi connectivity index (χ1) is 8.76. The highest BCUT2D eigenvalue weighted by atomic mass is 79.9. The van der Waals surface area contributed by atoms with E-state index in [1.54, 1.807) is 0 Å². The molecule has 0 bridgehead atoms. The third kappa shape index (κ3) is 2.22. The zero-order valence-electron chi connectivity index (χ0n) is 9.36. The fourth-order valence-corrected chi connectivity index (χ4v) is 2.38. The molecule has 0 spiro atoms. The van der Waals surface area contributed by atoms with E-state index in [0.29, 0.717) is 5.89 Å². The van der Waals surface area contributed by atoms with Gasteiger partial charge < -0.3 is 4.42 Å².